The Bertz CT molecular complexity index is 1110. The maximum absolute atomic E-state index is 13.0. The third-order valence-electron chi connectivity index (χ3n) is 4.21. The number of ether oxygens (including phenoxy) is 1. The molecule has 4 aromatic rings. The maximum atomic E-state index is 13.0. The Balaban J connectivity index is 1.71. The van der Waals surface area contributed by atoms with Gasteiger partial charge in [0.1, 0.15) is 5.75 Å². The van der Waals surface area contributed by atoms with Crippen LogP contribution in [-0.4, -0.2) is 22.5 Å². The van der Waals surface area contributed by atoms with Crippen molar-refractivity contribution in [2.75, 3.05) is 11.9 Å². The molecule has 0 bridgehead atoms. The van der Waals surface area contributed by atoms with Gasteiger partial charge in [0, 0.05) is 35.3 Å². The first kappa shape index (κ1) is 18.4. The second-order valence-corrected chi connectivity index (χ2v) is 6.21. The molecule has 2 aromatic carbocycles. The van der Waals surface area contributed by atoms with Crippen LogP contribution in [0.1, 0.15) is 17.4 Å². The molecule has 1 amide bonds. The fraction of sp³-hybridized carbons (Fsp3) is 0.0870. The lowest BCUT2D eigenvalue weighted by molar-refractivity contribution is 0.102. The van der Waals surface area contributed by atoms with Crippen LogP contribution in [0.2, 0.25) is 0 Å². The summed E-state index contributed by atoms with van der Waals surface area (Å²) >= 11 is 0. The first-order valence-electron chi connectivity index (χ1n) is 9.25. The normalized spacial score (nSPS) is 10.5. The Hall–Kier alpha value is -3.93. The van der Waals surface area contributed by atoms with Crippen molar-refractivity contribution in [1.82, 2.24) is 9.97 Å². The van der Waals surface area contributed by atoms with Gasteiger partial charge in [-0.1, -0.05) is 24.3 Å². The maximum Gasteiger partial charge on any atom is 0.278 e. The molecule has 2 aromatic heterocycles. The van der Waals surface area contributed by atoms with Gasteiger partial charge in [0.25, 0.3) is 5.91 Å². The number of benzene rings is 2. The number of pyridine rings is 1. The Labute approximate surface area is 168 Å². The van der Waals surface area contributed by atoms with Crippen LogP contribution in [0.4, 0.5) is 5.69 Å². The monoisotopic (exact) mass is 385 g/mol. The molecule has 29 heavy (non-hydrogen) atoms. The van der Waals surface area contributed by atoms with Crippen molar-refractivity contribution in [3.63, 3.8) is 0 Å². The molecule has 0 unspecified atom stereocenters. The zero-order valence-corrected chi connectivity index (χ0v) is 15.8. The molecular formula is C23H19N3O3. The quantitative estimate of drug-likeness (QED) is 0.502. The van der Waals surface area contributed by atoms with Crippen molar-refractivity contribution in [3.8, 4) is 28.5 Å². The van der Waals surface area contributed by atoms with Gasteiger partial charge in [-0.15, -0.1) is 0 Å². The molecule has 2 heterocycles. The molecule has 1 N–H and O–H groups in total. The van der Waals surface area contributed by atoms with E-state index in [0.717, 1.165) is 11.1 Å². The number of hydrogen-bond donors (Lipinski definition) is 1. The second kappa shape index (κ2) is 8.39. The number of aromatic nitrogens is 2. The van der Waals surface area contributed by atoms with Gasteiger partial charge >= 0.3 is 0 Å². The Kier molecular flexibility index (Phi) is 5.33. The molecule has 4 rings (SSSR count). The Morgan fingerprint density at radius 3 is 2.55 bits per heavy atom. The zero-order chi connectivity index (χ0) is 20.1. The number of carbonyl (C=O) groups is 1. The Morgan fingerprint density at radius 2 is 1.79 bits per heavy atom. The molecule has 6 heteroatoms. The standard InChI is InChI=1S/C23H19N3O3/c1-2-28-19-10-6-9-18(15-19)25-22(27)20-21(16-11-13-24-14-12-16)29-23(26-20)17-7-4-3-5-8-17/h3-15H,2H2,1H3,(H,25,27). The van der Waals surface area contributed by atoms with E-state index in [2.05, 4.69) is 15.3 Å². The lowest BCUT2D eigenvalue weighted by Gasteiger charge is -2.07. The molecule has 0 spiro atoms. The van der Waals surface area contributed by atoms with E-state index in [0.29, 0.717) is 29.7 Å². The van der Waals surface area contributed by atoms with Gasteiger partial charge in [-0.2, -0.15) is 0 Å². The average molecular weight is 385 g/mol. The largest absolute Gasteiger partial charge is 0.494 e. The van der Waals surface area contributed by atoms with Crippen LogP contribution in [0.15, 0.2) is 83.5 Å². The summed E-state index contributed by atoms with van der Waals surface area (Å²) in [6.45, 7) is 2.46. The average Bonchev–Trinajstić information content (AvgIpc) is 3.21. The van der Waals surface area contributed by atoms with Crippen LogP contribution >= 0.6 is 0 Å². The lowest BCUT2D eigenvalue weighted by Crippen LogP contribution is -2.13. The van der Waals surface area contributed by atoms with E-state index in [9.17, 15) is 4.79 Å². The van der Waals surface area contributed by atoms with Crippen molar-refractivity contribution >= 4 is 11.6 Å². The highest BCUT2D eigenvalue weighted by molar-refractivity contribution is 6.06. The van der Waals surface area contributed by atoms with E-state index < -0.39 is 0 Å². The van der Waals surface area contributed by atoms with Gasteiger partial charge in [-0.25, -0.2) is 4.98 Å². The van der Waals surface area contributed by atoms with Crippen molar-refractivity contribution in [3.05, 3.63) is 84.8 Å². The minimum Gasteiger partial charge on any atom is -0.494 e. The number of nitrogens with zero attached hydrogens (tertiary/aromatic N) is 2. The van der Waals surface area contributed by atoms with Crippen molar-refractivity contribution < 1.29 is 13.9 Å². The number of carbonyl (C=O) groups excluding carboxylic acids is 1. The van der Waals surface area contributed by atoms with Crippen LogP contribution in [0.3, 0.4) is 0 Å². The number of amides is 1. The number of hydrogen-bond acceptors (Lipinski definition) is 5. The van der Waals surface area contributed by atoms with Crippen LogP contribution in [0.5, 0.6) is 5.75 Å². The summed E-state index contributed by atoms with van der Waals surface area (Å²) in [6, 6.07) is 20.3. The molecule has 6 nitrogen and oxygen atoms in total. The third-order valence-corrected chi connectivity index (χ3v) is 4.21. The molecule has 0 saturated heterocycles. The molecule has 144 valence electrons. The summed E-state index contributed by atoms with van der Waals surface area (Å²) in [6.07, 6.45) is 3.29. The van der Waals surface area contributed by atoms with E-state index in [1.165, 1.54) is 0 Å². The van der Waals surface area contributed by atoms with Crippen LogP contribution < -0.4 is 10.1 Å². The molecule has 0 radical (unpaired) electrons. The summed E-state index contributed by atoms with van der Waals surface area (Å²) in [4.78, 5) is 21.5. The highest BCUT2D eigenvalue weighted by atomic mass is 16.5. The van der Waals surface area contributed by atoms with Crippen molar-refractivity contribution in [1.29, 1.82) is 0 Å². The Morgan fingerprint density at radius 1 is 1.00 bits per heavy atom. The number of anilines is 1. The molecule has 0 saturated carbocycles. The van der Waals surface area contributed by atoms with Gasteiger partial charge in [0.05, 0.1) is 6.61 Å². The highest BCUT2D eigenvalue weighted by Gasteiger charge is 2.22. The molecule has 0 atom stereocenters. The number of oxazole rings is 1. The summed E-state index contributed by atoms with van der Waals surface area (Å²) in [5, 5.41) is 2.87. The second-order valence-electron chi connectivity index (χ2n) is 6.21. The van der Waals surface area contributed by atoms with E-state index in [-0.39, 0.29) is 11.6 Å². The van der Waals surface area contributed by atoms with Crippen LogP contribution in [0.25, 0.3) is 22.8 Å². The van der Waals surface area contributed by atoms with Gasteiger partial charge < -0.3 is 14.5 Å². The minimum absolute atomic E-state index is 0.205. The van der Waals surface area contributed by atoms with Crippen molar-refractivity contribution in [2.45, 2.75) is 6.92 Å². The first-order chi connectivity index (χ1) is 14.2. The summed E-state index contributed by atoms with van der Waals surface area (Å²) in [5.41, 5.74) is 2.34. The van der Waals surface area contributed by atoms with Gasteiger partial charge in [-0.3, -0.25) is 9.78 Å². The van der Waals surface area contributed by atoms with E-state index >= 15 is 0 Å². The smallest absolute Gasteiger partial charge is 0.278 e. The number of rotatable bonds is 6. The summed E-state index contributed by atoms with van der Waals surface area (Å²) in [5.74, 6) is 1.09. The van der Waals surface area contributed by atoms with Gasteiger partial charge in [0.2, 0.25) is 5.89 Å². The highest BCUT2D eigenvalue weighted by Crippen LogP contribution is 2.30. The van der Waals surface area contributed by atoms with Gasteiger partial charge in [-0.05, 0) is 43.3 Å². The molecule has 0 aliphatic carbocycles. The zero-order valence-electron chi connectivity index (χ0n) is 15.8. The summed E-state index contributed by atoms with van der Waals surface area (Å²) in [7, 11) is 0. The number of nitrogens with one attached hydrogen (secondary N) is 1. The predicted octanol–water partition coefficient (Wildman–Crippen LogP) is 5.05. The molecular weight excluding hydrogens is 366 g/mol. The van der Waals surface area contributed by atoms with E-state index in [1.807, 2.05) is 49.4 Å². The fourth-order valence-corrected chi connectivity index (χ4v) is 2.90. The van der Waals surface area contributed by atoms with E-state index in [1.54, 1.807) is 36.7 Å². The molecule has 0 fully saturated rings. The van der Waals surface area contributed by atoms with Crippen molar-refractivity contribution in [2.24, 2.45) is 0 Å². The van der Waals surface area contributed by atoms with Crippen LogP contribution in [-0.2, 0) is 0 Å². The molecule has 0 aliphatic rings. The summed E-state index contributed by atoms with van der Waals surface area (Å²) < 4.78 is 11.5. The first-order valence-corrected chi connectivity index (χ1v) is 9.25. The predicted molar refractivity (Wildman–Crippen MR) is 111 cm³/mol. The van der Waals surface area contributed by atoms with Gasteiger partial charge in [0.15, 0.2) is 11.5 Å². The lowest BCUT2D eigenvalue weighted by atomic mass is 10.1. The minimum atomic E-state index is -0.364. The SMILES string of the molecule is CCOc1cccc(NC(=O)c2nc(-c3ccccc3)oc2-c2ccncc2)c1. The fourth-order valence-electron chi connectivity index (χ4n) is 2.90. The molecule has 0 aliphatic heterocycles. The van der Waals surface area contributed by atoms with E-state index in [4.69, 9.17) is 9.15 Å². The third kappa shape index (κ3) is 4.16. The van der Waals surface area contributed by atoms with Crippen LogP contribution in [0, 0.1) is 0 Å². The topological polar surface area (TPSA) is 77.2 Å².